The van der Waals surface area contributed by atoms with Crippen molar-refractivity contribution in [2.45, 2.75) is 58.6 Å². The van der Waals surface area contributed by atoms with E-state index in [9.17, 15) is 14.7 Å². The summed E-state index contributed by atoms with van der Waals surface area (Å²) in [6, 6.07) is 0. The summed E-state index contributed by atoms with van der Waals surface area (Å²) in [7, 11) is 0. The highest BCUT2D eigenvalue weighted by molar-refractivity contribution is 6.01. The minimum Gasteiger partial charge on any atom is -0.389 e. The van der Waals surface area contributed by atoms with Gasteiger partial charge in [-0.1, -0.05) is 13.8 Å². The van der Waals surface area contributed by atoms with Gasteiger partial charge in [0.2, 0.25) is 0 Å². The van der Waals surface area contributed by atoms with Crippen molar-refractivity contribution in [2.24, 2.45) is 5.92 Å². The topological polar surface area (TPSA) is 169 Å². The van der Waals surface area contributed by atoms with Crippen LogP contribution in [0.3, 0.4) is 0 Å². The third-order valence-electron chi connectivity index (χ3n) is 5.28. The molecule has 3 aromatic rings. The van der Waals surface area contributed by atoms with Crippen LogP contribution in [0.2, 0.25) is 0 Å². The van der Waals surface area contributed by atoms with Crippen molar-refractivity contribution < 1.29 is 19.4 Å². The quantitative estimate of drug-likeness (QED) is 0.319. The van der Waals surface area contributed by atoms with Crippen molar-refractivity contribution >= 4 is 29.2 Å². The monoisotopic (exact) mass is 509 g/mol. The molecule has 1 saturated carbocycles. The molecule has 37 heavy (non-hydrogen) atoms. The Labute approximate surface area is 214 Å². The van der Waals surface area contributed by atoms with E-state index in [0.29, 0.717) is 12.2 Å². The second kappa shape index (κ2) is 10.9. The first kappa shape index (κ1) is 25.9. The number of rotatable bonds is 10. The lowest BCUT2D eigenvalue weighted by Gasteiger charge is -2.18. The van der Waals surface area contributed by atoms with Crippen LogP contribution >= 0.6 is 0 Å². The average Bonchev–Trinajstić information content (AvgIpc) is 3.61. The van der Waals surface area contributed by atoms with E-state index in [1.165, 1.54) is 17.2 Å². The van der Waals surface area contributed by atoms with Gasteiger partial charge in [0, 0.05) is 19.0 Å². The smallest absolute Gasteiger partial charge is 0.389 e. The van der Waals surface area contributed by atoms with Crippen LogP contribution in [0.4, 0.5) is 22.0 Å². The molecule has 0 spiro atoms. The van der Waals surface area contributed by atoms with Crippen LogP contribution < -0.4 is 20.7 Å². The molecule has 13 nitrogen and oxygen atoms in total. The molecule has 0 bridgehead atoms. The summed E-state index contributed by atoms with van der Waals surface area (Å²) in [6.45, 7) is 7.60. The molecule has 0 aliphatic heterocycles. The zero-order chi connectivity index (χ0) is 26.6. The maximum atomic E-state index is 13.0. The first-order valence-corrected chi connectivity index (χ1v) is 12.0. The Kier molecular flexibility index (Phi) is 7.62. The van der Waals surface area contributed by atoms with Gasteiger partial charge in [-0.2, -0.15) is 5.10 Å². The van der Waals surface area contributed by atoms with Crippen molar-refractivity contribution in [2.75, 3.05) is 17.2 Å². The van der Waals surface area contributed by atoms with Gasteiger partial charge >= 0.3 is 6.09 Å². The van der Waals surface area contributed by atoms with Crippen molar-refractivity contribution in [1.29, 1.82) is 0 Å². The van der Waals surface area contributed by atoms with Crippen molar-refractivity contribution in [3.05, 3.63) is 42.5 Å². The van der Waals surface area contributed by atoms with Crippen molar-refractivity contribution in [3.8, 4) is 5.88 Å². The van der Waals surface area contributed by atoms with Crippen molar-refractivity contribution in [1.82, 2.24) is 35.0 Å². The van der Waals surface area contributed by atoms with E-state index in [0.717, 1.165) is 18.5 Å². The zero-order valence-corrected chi connectivity index (χ0v) is 21.2. The van der Waals surface area contributed by atoms with Gasteiger partial charge < -0.3 is 20.5 Å². The van der Waals surface area contributed by atoms with Gasteiger partial charge in [0.25, 0.3) is 11.8 Å². The number of carbonyl (C=O) groups is 2. The molecule has 4 rings (SSSR count). The highest BCUT2D eigenvalue weighted by Crippen LogP contribution is 2.40. The molecule has 3 heterocycles. The van der Waals surface area contributed by atoms with E-state index >= 15 is 0 Å². The maximum Gasteiger partial charge on any atom is 0.418 e. The standard InChI is InChI=1S/C24H31N9O4/c1-14(2)11-33-19(21(34)28-12-24(3,4)36)18(10-29-33)32-23(35)37-22-20(30-16-7-25-13-26-8-16)27-9-17(31-22)15-5-6-15/h7-10,13-15,36H,5-6,11-12H2,1-4H3,(H,27,30)(H,28,34)(H,32,35). The predicted octanol–water partition coefficient (Wildman–Crippen LogP) is 2.85. The number of ether oxygens (including phenoxy) is 1. The first-order valence-electron chi connectivity index (χ1n) is 12.0. The molecule has 13 heteroatoms. The van der Waals surface area contributed by atoms with E-state index in [1.54, 1.807) is 32.4 Å². The number of carbonyl (C=O) groups excluding carboxylic acids is 2. The summed E-state index contributed by atoms with van der Waals surface area (Å²) in [5.41, 5.74) is 0.475. The summed E-state index contributed by atoms with van der Waals surface area (Å²) in [4.78, 5) is 42.7. The molecule has 1 fully saturated rings. The number of aliphatic hydroxyl groups is 1. The number of aromatic nitrogens is 6. The Balaban J connectivity index is 1.55. The number of nitrogens with zero attached hydrogens (tertiary/aromatic N) is 6. The summed E-state index contributed by atoms with van der Waals surface area (Å²) in [6.07, 6.45) is 8.66. The average molecular weight is 510 g/mol. The van der Waals surface area contributed by atoms with Crippen LogP contribution in [0.25, 0.3) is 0 Å². The fourth-order valence-corrected chi connectivity index (χ4v) is 3.42. The molecule has 0 saturated heterocycles. The third-order valence-corrected chi connectivity index (χ3v) is 5.28. The summed E-state index contributed by atoms with van der Waals surface area (Å²) >= 11 is 0. The largest absolute Gasteiger partial charge is 0.418 e. The summed E-state index contributed by atoms with van der Waals surface area (Å²) < 4.78 is 7.05. The number of hydrogen-bond acceptors (Lipinski definition) is 10. The van der Waals surface area contributed by atoms with Crippen LogP contribution in [0.5, 0.6) is 5.88 Å². The van der Waals surface area contributed by atoms with Crippen molar-refractivity contribution in [3.63, 3.8) is 0 Å². The Morgan fingerprint density at radius 3 is 2.57 bits per heavy atom. The van der Waals surface area contributed by atoms with Crippen LogP contribution in [-0.2, 0) is 6.54 Å². The highest BCUT2D eigenvalue weighted by Gasteiger charge is 2.28. The third kappa shape index (κ3) is 7.19. The molecular formula is C24H31N9O4. The zero-order valence-electron chi connectivity index (χ0n) is 21.2. The van der Waals surface area contributed by atoms with Crippen LogP contribution in [0.15, 0.2) is 31.1 Å². The molecule has 0 unspecified atom stereocenters. The van der Waals surface area contributed by atoms with Gasteiger partial charge in [-0.15, -0.1) is 0 Å². The second-order valence-electron chi connectivity index (χ2n) is 9.97. The number of anilines is 3. The first-order chi connectivity index (χ1) is 17.6. The molecule has 1 aliphatic carbocycles. The molecule has 1 aliphatic rings. The summed E-state index contributed by atoms with van der Waals surface area (Å²) in [5, 5.41) is 22.6. The minimum atomic E-state index is -1.11. The van der Waals surface area contributed by atoms with Gasteiger partial charge in [-0.05, 0) is 32.6 Å². The van der Waals surface area contributed by atoms with Crippen LogP contribution in [0, 0.1) is 5.92 Å². The Morgan fingerprint density at radius 1 is 1.19 bits per heavy atom. The molecular weight excluding hydrogens is 478 g/mol. The number of nitrogens with one attached hydrogen (secondary N) is 3. The highest BCUT2D eigenvalue weighted by atomic mass is 16.6. The van der Waals surface area contributed by atoms with E-state index in [2.05, 4.69) is 41.0 Å². The summed E-state index contributed by atoms with van der Waals surface area (Å²) in [5.74, 6) is 0.183. The normalized spacial score (nSPS) is 13.4. The lowest BCUT2D eigenvalue weighted by molar-refractivity contribution is 0.0689. The number of hydrogen-bond donors (Lipinski definition) is 4. The van der Waals surface area contributed by atoms with E-state index in [1.807, 2.05) is 13.8 Å². The molecule has 2 amide bonds. The van der Waals surface area contributed by atoms with Gasteiger partial charge in [0.1, 0.15) is 12.0 Å². The predicted molar refractivity (Wildman–Crippen MR) is 135 cm³/mol. The SMILES string of the molecule is CC(C)Cn1ncc(NC(=O)Oc2nc(C3CC3)cnc2Nc2cncnc2)c1C(=O)NCC(C)(C)O. The molecule has 0 aromatic carbocycles. The van der Waals surface area contributed by atoms with Gasteiger partial charge in [-0.3, -0.25) is 14.8 Å². The molecule has 4 N–H and O–H groups in total. The van der Waals surface area contributed by atoms with E-state index in [-0.39, 0.29) is 41.5 Å². The minimum absolute atomic E-state index is 0.0182. The molecule has 3 aromatic heterocycles. The van der Waals surface area contributed by atoms with E-state index in [4.69, 9.17) is 4.74 Å². The Hall–Kier alpha value is -4.13. The van der Waals surface area contributed by atoms with Gasteiger partial charge in [0.05, 0.1) is 47.5 Å². The fraction of sp³-hybridized carbons (Fsp3) is 0.458. The lowest BCUT2D eigenvalue weighted by Crippen LogP contribution is -2.39. The Bertz CT molecular complexity index is 1250. The van der Waals surface area contributed by atoms with Crippen LogP contribution in [0.1, 0.15) is 62.6 Å². The second-order valence-corrected chi connectivity index (χ2v) is 9.97. The molecule has 196 valence electrons. The lowest BCUT2D eigenvalue weighted by atomic mass is 10.1. The number of amides is 2. The van der Waals surface area contributed by atoms with E-state index < -0.39 is 17.6 Å². The Morgan fingerprint density at radius 2 is 1.92 bits per heavy atom. The molecule has 0 radical (unpaired) electrons. The van der Waals surface area contributed by atoms with Gasteiger partial charge in [-0.25, -0.2) is 24.7 Å². The van der Waals surface area contributed by atoms with Crippen LogP contribution in [-0.4, -0.2) is 59.0 Å². The molecule has 0 atom stereocenters. The van der Waals surface area contributed by atoms with Gasteiger partial charge in [0.15, 0.2) is 5.82 Å². The fourth-order valence-electron chi connectivity index (χ4n) is 3.42. The maximum absolute atomic E-state index is 13.0.